The number of nitrogens with one attached hydrogen (secondary N) is 2. The number of anilines is 1. The van der Waals surface area contributed by atoms with Gasteiger partial charge < -0.3 is 25.0 Å². The number of amides is 2. The number of hydrogen-bond acceptors (Lipinski definition) is 8. The number of aromatic nitrogens is 1. The van der Waals surface area contributed by atoms with Crippen LogP contribution in [0.4, 0.5) is 5.13 Å². The normalized spacial score (nSPS) is 25.3. The van der Waals surface area contributed by atoms with E-state index in [0.29, 0.717) is 54.4 Å². The van der Waals surface area contributed by atoms with Crippen molar-refractivity contribution in [1.82, 2.24) is 10.3 Å². The number of fused-ring (bicyclic) bond motifs is 2. The first-order valence-electron chi connectivity index (χ1n) is 16.4. The molecule has 2 aromatic carbocycles. The van der Waals surface area contributed by atoms with E-state index in [-0.39, 0.29) is 47.5 Å². The van der Waals surface area contributed by atoms with Crippen LogP contribution in [0.3, 0.4) is 0 Å². The minimum Gasteiger partial charge on any atom is -0.493 e. The first kappa shape index (κ1) is 34.9. The Kier molecular flexibility index (Phi) is 10.1. The Labute approximate surface area is 282 Å². The summed E-state index contributed by atoms with van der Waals surface area (Å²) in [6, 6.07) is 13.4. The molecule has 4 N–H and O–H groups in total. The zero-order chi connectivity index (χ0) is 34.1. The number of aliphatic hydroxyl groups is 2. The predicted molar refractivity (Wildman–Crippen MR) is 185 cm³/mol. The monoisotopic (exact) mass is 663 g/mol. The van der Waals surface area contributed by atoms with E-state index in [1.807, 2.05) is 49.4 Å². The molecule has 0 radical (unpaired) electrons. The zero-order valence-electron chi connectivity index (χ0n) is 28.6. The van der Waals surface area contributed by atoms with E-state index in [1.165, 1.54) is 11.3 Å². The Balaban J connectivity index is 1.37. The molecule has 5 unspecified atom stereocenters. The summed E-state index contributed by atoms with van der Waals surface area (Å²) in [5, 5.41) is 28.3. The second-order valence-corrected chi connectivity index (χ2v) is 15.7. The van der Waals surface area contributed by atoms with Crippen LogP contribution in [0.5, 0.6) is 11.5 Å². The molecule has 254 valence electrons. The Bertz CT molecular complexity index is 1600. The summed E-state index contributed by atoms with van der Waals surface area (Å²) in [5.41, 5.74) is 2.41. The van der Waals surface area contributed by atoms with Gasteiger partial charge in [-0.15, -0.1) is 11.3 Å². The van der Waals surface area contributed by atoms with Crippen molar-refractivity contribution in [2.45, 2.75) is 84.2 Å². The van der Waals surface area contributed by atoms with Crippen molar-refractivity contribution in [1.29, 1.82) is 0 Å². The fourth-order valence-corrected chi connectivity index (χ4v) is 8.69. The number of methoxy groups -OCH3 is 2. The Morgan fingerprint density at radius 3 is 2.40 bits per heavy atom. The number of hydrogen-bond donors (Lipinski definition) is 4. The van der Waals surface area contributed by atoms with Crippen LogP contribution in [0, 0.1) is 16.7 Å². The lowest BCUT2D eigenvalue weighted by atomic mass is 9.47. The van der Waals surface area contributed by atoms with Crippen molar-refractivity contribution in [3.05, 3.63) is 69.7 Å². The van der Waals surface area contributed by atoms with E-state index in [2.05, 4.69) is 38.3 Å². The molecule has 2 aliphatic rings. The standard InChI is InChI=1S/C37H49N3O6S/c1-35(2,3)24-11-9-23(10-12-24)33(44)40-34-39-32-25(19-31(43)38-17-15-22-8-13-26(45-6)27(18-22)46-7)36(4)16-14-30(42)37(5,21-41)29(36)20-28(32)47-34/h8-13,18,25,29-30,41-42H,14-17,19-21H2,1-7H3,(H,38,43)(H,39,40,44). The predicted octanol–water partition coefficient (Wildman–Crippen LogP) is 5.87. The van der Waals surface area contributed by atoms with E-state index in [0.717, 1.165) is 21.7 Å². The highest BCUT2D eigenvalue weighted by molar-refractivity contribution is 7.15. The summed E-state index contributed by atoms with van der Waals surface area (Å²) >= 11 is 1.42. The summed E-state index contributed by atoms with van der Waals surface area (Å²) in [7, 11) is 3.20. The molecule has 0 bridgehead atoms. The molecule has 2 aliphatic carbocycles. The molecule has 1 saturated carbocycles. The van der Waals surface area contributed by atoms with Gasteiger partial charge in [0, 0.05) is 34.7 Å². The lowest BCUT2D eigenvalue weighted by Gasteiger charge is -2.58. The minimum absolute atomic E-state index is 0.0164. The molecular formula is C37H49N3O6S. The van der Waals surface area contributed by atoms with Gasteiger partial charge in [0.1, 0.15) is 0 Å². The first-order valence-corrected chi connectivity index (χ1v) is 17.2. The SMILES string of the molecule is COc1ccc(CCNC(=O)CC2c3nc(NC(=O)c4ccc(C(C)(C)C)cc4)sc3CC3C(C)(CO)C(O)CCC23C)cc1OC. The fraction of sp³-hybridized carbons (Fsp3) is 0.541. The third kappa shape index (κ3) is 6.91. The molecule has 1 heterocycles. The molecule has 5 rings (SSSR count). The Hall–Kier alpha value is -3.47. The van der Waals surface area contributed by atoms with Gasteiger partial charge in [-0.2, -0.15) is 0 Å². The smallest absolute Gasteiger partial charge is 0.257 e. The summed E-state index contributed by atoms with van der Waals surface area (Å²) in [5.74, 6) is 0.655. The van der Waals surface area contributed by atoms with Crippen LogP contribution >= 0.6 is 11.3 Å². The molecule has 1 aromatic heterocycles. The summed E-state index contributed by atoms with van der Waals surface area (Å²) in [6.45, 7) is 10.8. The van der Waals surface area contributed by atoms with Crippen molar-refractivity contribution < 1.29 is 29.3 Å². The van der Waals surface area contributed by atoms with Gasteiger partial charge in [-0.3, -0.25) is 14.9 Å². The van der Waals surface area contributed by atoms with Gasteiger partial charge in [-0.05, 0) is 77.8 Å². The maximum absolute atomic E-state index is 13.6. The van der Waals surface area contributed by atoms with Gasteiger partial charge in [0.2, 0.25) is 5.91 Å². The highest BCUT2D eigenvalue weighted by Crippen LogP contribution is 2.62. The zero-order valence-corrected chi connectivity index (χ0v) is 29.4. The number of carbonyl (C=O) groups excluding carboxylic acids is 2. The molecule has 3 aromatic rings. The van der Waals surface area contributed by atoms with Gasteiger partial charge in [-0.25, -0.2) is 4.98 Å². The molecule has 0 spiro atoms. The fourth-order valence-electron chi connectivity index (χ4n) is 7.63. The molecule has 47 heavy (non-hydrogen) atoms. The third-order valence-electron chi connectivity index (χ3n) is 10.7. The van der Waals surface area contributed by atoms with Gasteiger partial charge in [0.25, 0.3) is 5.91 Å². The lowest BCUT2D eigenvalue weighted by Crippen LogP contribution is -2.57. The molecule has 9 nitrogen and oxygen atoms in total. The average Bonchev–Trinajstić information content (AvgIpc) is 3.45. The quantitative estimate of drug-likeness (QED) is 0.213. The van der Waals surface area contributed by atoms with Gasteiger partial charge in [0.15, 0.2) is 16.6 Å². The molecule has 0 saturated heterocycles. The minimum atomic E-state index is -0.727. The van der Waals surface area contributed by atoms with Crippen LogP contribution in [-0.2, 0) is 23.1 Å². The Morgan fingerprint density at radius 2 is 1.77 bits per heavy atom. The second-order valence-electron chi connectivity index (χ2n) is 14.6. The number of nitrogens with zero attached hydrogens (tertiary/aromatic N) is 1. The van der Waals surface area contributed by atoms with Crippen LogP contribution < -0.4 is 20.1 Å². The van der Waals surface area contributed by atoms with E-state index >= 15 is 0 Å². The molecule has 10 heteroatoms. The van der Waals surface area contributed by atoms with Crippen molar-refractivity contribution in [2.75, 3.05) is 32.7 Å². The first-order chi connectivity index (χ1) is 22.2. The number of rotatable bonds is 10. The molecular weight excluding hydrogens is 614 g/mol. The molecule has 0 aliphatic heterocycles. The Morgan fingerprint density at radius 1 is 1.06 bits per heavy atom. The van der Waals surface area contributed by atoms with E-state index in [4.69, 9.17) is 14.5 Å². The maximum atomic E-state index is 13.6. The van der Waals surface area contributed by atoms with Crippen molar-refractivity contribution in [3.63, 3.8) is 0 Å². The summed E-state index contributed by atoms with van der Waals surface area (Å²) in [4.78, 5) is 32.8. The number of benzene rings is 2. The summed E-state index contributed by atoms with van der Waals surface area (Å²) < 4.78 is 10.8. The van der Waals surface area contributed by atoms with Crippen molar-refractivity contribution in [2.24, 2.45) is 16.7 Å². The van der Waals surface area contributed by atoms with E-state index in [9.17, 15) is 19.8 Å². The van der Waals surface area contributed by atoms with Crippen molar-refractivity contribution >= 4 is 28.3 Å². The van der Waals surface area contributed by atoms with Crippen LogP contribution in [0.15, 0.2) is 42.5 Å². The number of aliphatic hydroxyl groups excluding tert-OH is 2. The number of thiazole rings is 1. The van der Waals surface area contributed by atoms with Gasteiger partial charge in [0.05, 0.1) is 32.6 Å². The van der Waals surface area contributed by atoms with Crippen LogP contribution in [-0.4, -0.2) is 60.5 Å². The number of carbonyl (C=O) groups is 2. The molecule has 5 atom stereocenters. The lowest BCUT2D eigenvalue weighted by molar-refractivity contribution is -0.144. The van der Waals surface area contributed by atoms with E-state index in [1.54, 1.807) is 14.2 Å². The van der Waals surface area contributed by atoms with Crippen LogP contribution in [0.25, 0.3) is 0 Å². The second kappa shape index (κ2) is 13.6. The average molecular weight is 664 g/mol. The van der Waals surface area contributed by atoms with Gasteiger partial charge >= 0.3 is 0 Å². The third-order valence-corrected chi connectivity index (χ3v) is 11.7. The molecule has 1 fully saturated rings. The van der Waals surface area contributed by atoms with Crippen LogP contribution in [0.2, 0.25) is 0 Å². The highest BCUT2D eigenvalue weighted by atomic mass is 32.1. The van der Waals surface area contributed by atoms with Crippen molar-refractivity contribution in [3.8, 4) is 11.5 Å². The number of ether oxygens (including phenoxy) is 2. The molecule has 2 amide bonds. The summed E-state index contributed by atoms with van der Waals surface area (Å²) in [6.07, 6.45) is 2.05. The van der Waals surface area contributed by atoms with Crippen LogP contribution in [0.1, 0.15) is 91.9 Å². The van der Waals surface area contributed by atoms with Gasteiger partial charge in [-0.1, -0.05) is 52.8 Å². The van der Waals surface area contributed by atoms with E-state index < -0.39 is 11.5 Å². The highest BCUT2D eigenvalue weighted by Gasteiger charge is 2.59. The largest absolute Gasteiger partial charge is 0.493 e. The topological polar surface area (TPSA) is 130 Å². The maximum Gasteiger partial charge on any atom is 0.257 e.